The molecular formula is C13H26N2O2. The van der Waals surface area contributed by atoms with E-state index in [0.29, 0.717) is 6.04 Å². The van der Waals surface area contributed by atoms with E-state index in [9.17, 15) is 4.79 Å². The van der Waals surface area contributed by atoms with Crippen LogP contribution in [-0.2, 0) is 9.53 Å². The van der Waals surface area contributed by atoms with Crippen LogP contribution in [-0.4, -0.2) is 62.1 Å². The molecule has 0 N–H and O–H groups in total. The van der Waals surface area contributed by atoms with Crippen LogP contribution in [0.3, 0.4) is 0 Å². The van der Waals surface area contributed by atoms with Gasteiger partial charge >= 0.3 is 0 Å². The van der Waals surface area contributed by atoms with Crippen molar-refractivity contribution in [3.05, 3.63) is 0 Å². The fourth-order valence-electron chi connectivity index (χ4n) is 2.11. The van der Waals surface area contributed by atoms with Gasteiger partial charge in [-0.2, -0.15) is 0 Å². The van der Waals surface area contributed by atoms with E-state index in [1.807, 2.05) is 27.9 Å². The van der Waals surface area contributed by atoms with Crippen molar-refractivity contribution in [1.29, 1.82) is 0 Å². The fourth-order valence-corrected chi connectivity index (χ4v) is 2.11. The highest BCUT2D eigenvalue weighted by Gasteiger charge is 2.26. The van der Waals surface area contributed by atoms with Crippen molar-refractivity contribution >= 4 is 5.91 Å². The van der Waals surface area contributed by atoms with Crippen molar-refractivity contribution in [2.75, 3.05) is 40.4 Å². The summed E-state index contributed by atoms with van der Waals surface area (Å²) in [5, 5.41) is 0. The summed E-state index contributed by atoms with van der Waals surface area (Å²) in [4.78, 5) is 16.4. The Balaban J connectivity index is 2.59. The minimum Gasteiger partial charge on any atom is -0.381 e. The summed E-state index contributed by atoms with van der Waals surface area (Å²) in [5.41, 5.74) is 0. The zero-order chi connectivity index (χ0) is 12.8. The lowest BCUT2D eigenvalue weighted by molar-refractivity contribution is -0.138. The Labute approximate surface area is 105 Å². The summed E-state index contributed by atoms with van der Waals surface area (Å²) in [6.45, 7) is 7.28. The second-order valence-corrected chi connectivity index (χ2v) is 5.33. The van der Waals surface area contributed by atoms with Gasteiger partial charge in [0.05, 0.1) is 0 Å². The van der Waals surface area contributed by atoms with Gasteiger partial charge in [-0.1, -0.05) is 13.8 Å². The number of amides is 1. The molecule has 0 saturated carbocycles. The highest BCUT2D eigenvalue weighted by molar-refractivity contribution is 5.78. The minimum absolute atomic E-state index is 0.0833. The van der Waals surface area contributed by atoms with Crippen LogP contribution in [0.2, 0.25) is 0 Å². The Morgan fingerprint density at radius 1 is 1.24 bits per heavy atom. The third-order valence-corrected chi connectivity index (χ3v) is 3.20. The number of hydrogen-bond acceptors (Lipinski definition) is 3. The highest BCUT2D eigenvalue weighted by Crippen LogP contribution is 2.16. The zero-order valence-electron chi connectivity index (χ0n) is 11.6. The Morgan fingerprint density at radius 3 is 2.29 bits per heavy atom. The third-order valence-electron chi connectivity index (χ3n) is 3.20. The molecule has 0 unspecified atom stereocenters. The van der Waals surface area contributed by atoms with Gasteiger partial charge in [-0.15, -0.1) is 0 Å². The highest BCUT2D eigenvalue weighted by atomic mass is 16.5. The van der Waals surface area contributed by atoms with Gasteiger partial charge in [0.1, 0.15) is 0 Å². The van der Waals surface area contributed by atoms with E-state index >= 15 is 0 Å². The minimum atomic E-state index is 0.0833. The number of nitrogens with zero attached hydrogens (tertiary/aromatic N) is 2. The maximum absolute atomic E-state index is 12.2. The number of ether oxygens (including phenoxy) is 1. The van der Waals surface area contributed by atoms with Crippen LogP contribution in [0.15, 0.2) is 0 Å². The maximum Gasteiger partial charge on any atom is 0.225 e. The molecule has 0 bridgehead atoms. The van der Waals surface area contributed by atoms with E-state index < -0.39 is 0 Å². The van der Waals surface area contributed by atoms with E-state index in [4.69, 9.17) is 4.74 Å². The van der Waals surface area contributed by atoms with Gasteiger partial charge in [0, 0.05) is 38.3 Å². The van der Waals surface area contributed by atoms with Crippen LogP contribution in [0.1, 0.15) is 26.7 Å². The van der Waals surface area contributed by atoms with Crippen LogP contribution in [0.4, 0.5) is 0 Å². The molecular weight excluding hydrogens is 216 g/mol. The normalized spacial score (nSPS) is 17.8. The lowest BCUT2D eigenvalue weighted by atomic mass is 10.0. The van der Waals surface area contributed by atoms with E-state index in [1.54, 1.807) is 0 Å². The molecule has 17 heavy (non-hydrogen) atoms. The first-order valence-corrected chi connectivity index (χ1v) is 6.55. The van der Waals surface area contributed by atoms with E-state index in [2.05, 4.69) is 9.80 Å². The van der Waals surface area contributed by atoms with Crippen LogP contribution >= 0.6 is 0 Å². The first kappa shape index (κ1) is 14.5. The summed E-state index contributed by atoms with van der Waals surface area (Å²) >= 11 is 0. The van der Waals surface area contributed by atoms with Crippen LogP contribution in [0.25, 0.3) is 0 Å². The lowest BCUT2D eigenvalue weighted by Crippen LogP contribution is -2.47. The predicted octanol–water partition coefficient (Wildman–Crippen LogP) is 1.21. The van der Waals surface area contributed by atoms with Gasteiger partial charge in [0.15, 0.2) is 0 Å². The SMILES string of the molecule is CC(C)C(=O)N(CCN(C)C)C1CCOCC1. The van der Waals surface area contributed by atoms with Crippen LogP contribution < -0.4 is 0 Å². The largest absolute Gasteiger partial charge is 0.381 e. The van der Waals surface area contributed by atoms with Crippen molar-refractivity contribution < 1.29 is 9.53 Å². The molecule has 0 radical (unpaired) electrons. The second-order valence-electron chi connectivity index (χ2n) is 5.33. The number of carbonyl (C=O) groups excluding carboxylic acids is 1. The number of rotatable bonds is 5. The lowest BCUT2D eigenvalue weighted by Gasteiger charge is -2.36. The average molecular weight is 242 g/mol. The van der Waals surface area contributed by atoms with Gasteiger partial charge in [-0.3, -0.25) is 4.79 Å². The molecule has 0 aromatic heterocycles. The van der Waals surface area contributed by atoms with Crippen molar-refractivity contribution in [2.45, 2.75) is 32.7 Å². The quantitative estimate of drug-likeness (QED) is 0.726. The Bertz CT molecular complexity index is 236. The summed E-state index contributed by atoms with van der Waals surface area (Å²) < 4.78 is 5.37. The molecule has 0 aromatic rings. The first-order chi connectivity index (χ1) is 8.02. The predicted molar refractivity (Wildman–Crippen MR) is 68.9 cm³/mol. The monoisotopic (exact) mass is 242 g/mol. The topological polar surface area (TPSA) is 32.8 Å². The van der Waals surface area contributed by atoms with Crippen molar-refractivity contribution in [2.24, 2.45) is 5.92 Å². The molecule has 1 saturated heterocycles. The van der Waals surface area contributed by atoms with Crippen molar-refractivity contribution in [1.82, 2.24) is 9.80 Å². The van der Waals surface area contributed by atoms with Crippen LogP contribution in [0.5, 0.6) is 0 Å². The van der Waals surface area contributed by atoms with Crippen LogP contribution in [0, 0.1) is 5.92 Å². The molecule has 4 nitrogen and oxygen atoms in total. The van der Waals surface area contributed by atoms with E-state index in [-0.39, 0.29) is 11.8 Å². The molecule has 4 heteroatoms. The molecule has 100 valence electrons. The zero-order valence-corrected chi connectivity index (χ0v) is 11.6. The first-order valence-electron chi connectivity index (χ1n) is 6.55. The number of likely N-dealkylation sites (N-methyl/N-ethyl adjacent to an activating group) is 1. The average Bonchev–Trinajstić information content (AvgIpc) is 2.30. The van der Waals surface area contributed by atoms with Crippen molar-refractivity contribution in [3.8, 4) is 0 Å². The molecule has 1 aliphatic rings. The summed E-state index contributed by atoms with van der Waals surface area (Å²) in [5.74, 6) is 0.360. The van der Waals surface area contributed by atoms with Gasteiger partial charge < -0.3 is 14.5 Å². The molecule has 1 fully saturated rings. The molecule has 1 heterocycles. The second kappa shape index (κ2) is 6.97. The van der Waals surface area contributed by atoms with Gasteiger partial charge in [-0.05, 0) is 26.9 Å². The van der Waals surface area contributed by atoms with E-state index in [0.717, 1.165) is 39.1 Å². The smallest absolute Gasteiger partial charge is 0.225 e. The van der Waals surface area contributed by atoms with Gasteiger partial charge in [0.25, 0.3) is 0 Å². The number of hydrogen-bond donors (Lipinski definition) is 0. The molecule has 0 aromatic carbocycles. The fraction of sp³-hybridized carbons (Fsp3) is 0.923. The Hall–Kier alpha value is -0.610. The summed E-state index contributed by atoms with van der Waals surface area (Å²) in [6, 6.07) is 0.374. The third kappa shape index (κ3) is 4.64. The van der Waals surface area contributed by atoms with Gasteiger partial charge in [0.2, 0.25) is 5.91 Å². The Morgan fingerprint density at radius 2 is 1.82 bits per heavy atom. The molecule has 1 aliphatic heterocycles. The standard InChI is InChI=1S/C13H26N2O2/c1-11(2)13(16)15(8-7-14(3)4)12-5-9-17-10-6-12/h11-12H,5-10H2,1-4H3. The Kier molecular flexibility index (Phi) is 5.92. The molecule has 1 rings (SSSR count). The van der Waals surface area contributed by atoms with Crippen molar-refractivity contribution in [3.63, 3.8) is 0 Å². The molecule has 0 aliphatic carbocycles. The number of carbonyl (C=O) groups is 1. The summed E-state index contributed by atoms with van der Waals surface area (Å²) in [6.07, 6.45) is 1.96. The maximum atomic E-state index is 12.2. The molecule has 0 atom stereocenters. The molecule has 1 amide bonds. The molecule has 0 spiro atoms. The van der Waals surface area contributed by atoms with Gasteiger partial charge in [-0.25, -0.2) is 0 Å². The van der Waals surface area contributed by atoms with E-state index in [1.165, 1.54) is 0 Å². The summed E-state index contributed by atoms with van der Waals surface area (Å²) in [7, 11) is 4.09.